The Morgan fingerprint density at radius 2 is 1.77 bits per heavy atom. The first kappa shape index (κ1) is 21.1. The number of nitrogens with zero attached hydrogens (tertiary/aromatic N) is 1. The molecule has 10 heteroatoms. The van der Waals surface area contributed by atoms with Gasteiger partial charge in [-0.2, -0.15) is 4.31 Å². The maximum absolute atomic E-state index is 13.8. The van der Waals surface area contributed by atoms with E-state index in [2.05, 4.69) is 10.3 Å². The molecular weight excluding hydrogens is 428 g/mol. The molecule has 162 valence electrons. The van der Waals surface area contributed by atoms with E-state index in [9.17, 15) is 26.8 Å². The number of halogens is 2. The van der Waals surface area contributed by atoms with E-state index in [0.29, 0.717) is 17.0 Å². The van der Waals surface area contributed by atoms with Gasteiger partial charge in [-0.1, -0.05) is 0 Å². The monoisotopic (exact) mass is 447 g/mol. The largest absolute Gasteiger partial charge is 0.323 e. The number of carbonyl (C=O) groups excluding carboxylic acids is 1. The summed E-state index contributed by atoms with van der Waals surface area (Å²) in [6.45, 7) is 0.270. The average molecular weight is 447 g/mol. The van der Waals surface area contributed by atoms with Crippen molar-refractivity contribution in [2.24, 2.45) is 5.92 Å². The number of hydrogen-bond donors (Lipinski definition) is 2. The number of benzene rings is 2. The molecule has 0 aliphatic carbocycles. The molecule has 1 fully saturated rings. The van der Waals surface area contributed by atoms with Crippen molar-refractivity contribution in [1.82, 2.24) is 9.29 Å². The van der Waals surface area contributed by atoms with Gasteiger partial charge >= 0.3 is 0 Å². The minimum absolute atomic E-state index is 0.100. The van der Waals surface area contributed by atoms with Crippen LogP contribution in [0.25, 0.3) is 10.9 Å². The third-order valence-corrected chi connectivity index (χ3v) is 7.24. The van der Waals surface area contributed by atoms with E-state index < -0.39 is 33.5 Å². The van der Waals surface area contributed by atoms with Crippen molar-refractivity contribution in [3.63, 3.8) is 0 Å². The second-order valence-corrected chi connectivity index (χ2v) is 9.30. The molecule has 31 heavy (non-hydrogen) atoms. The molecule has 4 rings (SSSR count). The molecule has 0 bridgehead atoms. The third kappa shape index (κ3) is 4.35. The zero-order valence-corrected chi connectivity index (χ0v) is 17.1. The number of aromatic amines is 1. The lowest BCUT2D eigenvalue weighted by Crippen LogP contribution is -2.41. The van der Waals surface area contributed by atoms with Gasteiger partial charge in [0.15, 0.2) is 0 Å². The highest BCUT2D eigenvalue weighted by molar-refractivity contribution is 7.89. The van der Waals surface area contributed by atoms with Crippen LogP contribution in [0.3, 0.4) is 0 Å². The van der Waals surface area contributed by atoms with E-state index in [1.54, 1.807) is 12.1 Å². The number of fused-ring (bicyclic) bond motifs is 1. The van der Waals surface area contributed by atoms with Crippen molar-refractivity contribution >= 4 is 32.5 Å². The van der Waals surface area contributed by atoms with Gasteiger partial charge in [0.2, 0.25) is 21.5 Å². The van der Waals surface area contributed by atoms with Crippen molar-refractivity contribution in [1.29, 1.82) is 0 Å². The van der Waals surface area contributed by atoms with Crippen LogP contribution in [0.4, 0.5) is 14.5 Å². The Balaban J connectivity index is 1.44. The smallest absolute Gasteiger partial charge is 0.248 e. The number of pyridine rings is 1. The topological polar surface area (TPSA) is 99.3 Å². The molecule has 2 heterocycles. The molecule has 0 radical (unpaired) electrons. The summed E-state index contributed by atoms with van der Waals surface area (Å²) in [6.07, 6.45) is 0.545. The molecule has 3 aromatic rings. The van der Waals surface area contributed by atoms with Crippen molar-refractivity contribution in [3.05, 3.63) is 70.5 Å². The zero-order chi connectivity index (χ0) is 22.2. The minimum atomic E-state index is -3.78. The molecule has 1 aromatic heterocycles. The summed E-state index contributed by atoms with van der Waals surface area (Å²) in [5.41, 5.74) is 0.148. The predicted octanol–water partition coefficient (Wildman–Crippen LogP) is 2.85. The number of carbonyl (C=O) groups is 1. The number of amides is 1. The molecule has 7 nitrogen and oxygen atoms in total. The van der Waals surface area contributed by atoms with Crippen molar-refractivity contribution in [3.8, 4) is 0 Å². The number of sulfonamides is 1. The van der Waals surface area contributed by atoms with Gasteiger partial charge in [0.1, 0.15) is 11.6 Å². The lowest BCUT2D eigenvalue weighted by atomic mass is 9.97. The Bertz CT molecular complexity index is 1320. The fourth-order valence-electron chi connectivity index (χ4n) is 3.63. The highest BCUT2D eigenvalue weighted by Crippen LogP contribution is 2.27. The Morgan fingerprint density at radius 1 is 1.03 bits per heavy atom. The van der Waals surface area contributed by atoms with Gasteiger partial charge in [0.25, 0.3) is 0 Å². The van der Waals surface area contributed by atoms with E-state index >= 15 is 0 Å². The zero-order valence-electron chi connectivity index (χ0n) is 16.3. The maximum Gasteiger partial charge on any atom is 0.248 e. The number of H-pyrrole nitrogens is 1. The highest BCUT2D eigenvalue weighted by Gasteiger charge is 2.32. The van der Waals surface area contributed by atoms with Crippen LogP contribution in [0.1, 0.15) is 12.8 Å². The summed E-state index contributed by atoms with van der Waals surface area (Å²) in [5.74, 6) is -2.53. The van der Waals surface area contributed by atoms with E-state index in [4.69, 9.17) is 0 Å². The SMILES string of the molecule is O=C(Nc1ccc(F)cc1F)C1CCN(S(=O)(=O)c2ccc3[nH]c(=O)ccc3c2)CC1. The number of piperidine rings is 1. The van der Waals surface area contributed by atoms with Crippen LogP contribution in [0.5, 0.6) is 0 Å². The van der Waals surface area contributed by atoms with Gasteiger partial charge in [0.05, 0.1) is 10.6 Å². The average Bonchev–Trinajstić information content (AvgIpc) is 2.75. The maximum atomic E-state index is 13.8. The molecule has 0 unspecified atom stereocenters. The van der Waals surface area contributed by atoms with Crippen LogP contribution in [0.2, 0.25) is 0 Å². The van der Waals surface area contributed by atoms with Crippen LogP contribution < -0.4 is 10.9 Å². The fourth-order valence-corrected chi connectivity index (χ4v) is 5.13. The predicted molar refractivity (Wildman–Crippen MR) is 111 cm³/mol. The van der Waals surface area contributed by atoms with E-state index in [1.165, 1.54) is 22.5 Å². The van der Waals surface area contributed by atoms with Crippen LogP contribution >= 0.6 is 0 Å². The summed E-state index contributed by atoms with van der Waals surface area (Å²) in [4.78, 5) is 26.6. The van der Waals surface area contributed by atoms with Gasteiger partial charge in [-0.3, -0.25) is 9.59 Å². The number of hydrogen-bond acceptors (Lipinski definition) is 4. The Kier molecular flexibility index (Phi) is 5.59. The Morgan fingerprint density at radius 3 is 2.48 bits per heavy atom. The first-order valence-corrected chi connectivity index (χ1v) is 11.1. The number of rotatable bonds is 4. The third-order valence-electron chi connectivity index (χ3n) is 5.35. The lowest BCUT2D eigenvalue weighted by molar-refractivity contribution is -0.120. The van der Waals surface area contributed by atoms with Crippen molar-refractivity contribution < 1.29 is 22.0 Å². The first-order chi connectivity index (χ1) is 14.7. The molecule has 1 aliphatic rings. The van der Waals surface area contributed by atoms with Crippen molar-refractivity contribution in [2.75, 3.05) is 18.4 Å². The van der Waals surface area contributed by atoms with Crippen molar-refractivity contribution in [2.45, 2.75) is 17.7 Å². The summed E-state index contributed by atoms with van der Waals surface area (Å²) >= 11 is 0. The quantitative estimate of drug-likeness (QED) is 0.643. The van der Waals surface area contributed by atoms with E-state index in [0.717, 1.165) is 12.1 Å². The number of anilines is 1. The molecule has 2 N–H and O–H groups in total. The summed E-state index contributed by atoms with van der Waals surface area (Å²) < 4.78 is 54.1. The van der Waals surface area contributed by atoms with Gasteiger partial charge in [-0.25, -0.2) is 17.2 Å². The second-order valence-electron chi connectivity index (χ2n) is 7.36. The lowest BCUT2D eigenvalue weighted by Gasteiger charge is -2.30. The second kappa shape index (κ2) is 8.20. The molecule has 0 atom stereocenters. The van der Waals surface area contributed by atoms with Crippen LogP contribution in [0, 0.1) is 17.6 Å². The number of aromatic nitrogens is 1. The number of nitrogens with one attached hydrogen (secondary N) is 2. The van der Waals surface area contributed by atoms with Gasteiger partial charge in [0, 0.05) is 36.7 Å². The Hall–Kier alpha value is -3.11. The minimum Gasteiger partial charge on any atom is -0.323 e. The first-order valence-electron chi connectivity index (χ1n) is 9.63. The van der Waals surface area contributed by atoms with Crippen LogP contribution in [-0.2, 0) is 14.8 Å². The van der Waals surface area contributed by atoms with E-state index in [-0.39, 0.29) is 42.1 Å². The van der Waals surface area contributed by atoms with Gasteiger partial charge in [-0.05, 0) is 54.6 Å². The normalized spacial score (nSPS) is 15.8. The Labute approximate surface area is 176 Å². The van der Waals surface area contributed by atoms with Crippen LogP contribution in [-0.4, -0.2) is 36.7 Å². The molecule has 0 spiro atoms. The molecule has 1 aliphatic heterocycles. The fraction of sp³-hybridized carbons (Fsp3) is 0.238. The van der Waals surface area contributed by atoms with Gasteiger partial charge in [-0.15, -0.1) is 0 Å². The van der Waals surface area contributed by atoms with Crippen LogP contribution in [0.15, 0.2) is 58.2 Å². The molecule has 2 aromatic carbocycles. The summed E-state index contributed by atoms with van der Waals surface area (Å²) in [6, 6.07) is 10.2. The summed E-state index contributed by atoms with van der Waals surface area (Å²) in [7, 11) is -3.78. The van der Waals surface area contributed by atoms with E-state index in [1.807, 2.05) is 0 Å². The molecule has 1 amide bonds. The highest BCUT2D eigenvalue weighted by atomic mass is 32.2. The van der Waals surface area contributed by atoms with Gasteiger partial charge < -0.3 is 10.3 Å². The molecule has 0 saturated carbocycles. The molecular formula is C21H19F2N3O4S. The molecule has 1 saturated heterocycles. The standard InChI is InChI=1S/C21H19F2N3O4S/c22-15-2-4-19(17(23)12-15)25-21(28)13-7-9-26(10-8-13)31(29,30)16-3-5-18-14(11-16)1-6-20(27)24-18/h1-6,11-13H,7-10H2,(H,24,27)(H,25,28). The summed E-state index contributed by atoms with van der Waals surface area (Å²) in [5, 5.41) is 3.03.